The SMILES string of the molecule is CN(C)C[C@H]1C[C@@H](O)CN1c1cc(N2C[C@H](c3ccccc3)[C@H]2CO)ncn1. The lowest BCUT2D eigenvalue weighted by molar-refractivity contribution is 0.191. The summed E-state index contributed by atoms with van der Waals surface area (Å²) >= 11 is 0. The Balaban J connectivity index is 1.53. The zero-order valence-electron chi connectivity index (χ0n) is 16.5. The van der Waals surface area contributed by atoms with Gasteiger partial charge in [-0.15, -0.1) is 0 Å². The third-order valence-corrected chi connectivity index (χ3v) is 5.87. The number of hydrogen-bond acceptors (Lipinski definition) is 7. The van der Waals surface area contributed by atoms with Gasteiger partial charge in [0.05, 0.1) is 18.8 Å². The molecule has 4 atom stereocenters. The summed E-state index contributed by atoms with van der Waals surface area (Å²) in [4.78, 5) is 15.4. The summed E-state index contributed by atoms with van der Waals surface area (Å²) in [6.07, 6.45) is 2.00. The first-order chi connectivity index (χ1) is 13.6. The van der Waals surface area contributed by atoms with Crippen LogP contribution in [0.15, 0.2) is 42.7 Å². The van der Waals surface area contributed by atoms with Crippen molar-refractivity contribution in [2.45, 2.75) is 30.5 Å². The molecule has 150 valence electrons. The molecule has 2 aliphatic heterocycles. The molecule has 2 aromatic rings. The van der Waals surface area contributed by atoms with Crippen molar-refractivity contribution in [3.63, 3.8) is 0 Å². The molecule has 7 nitrogen and oxygen atoms in total. The minimum absolute atomic E-state index is 0.0203. The van der Waals surface area contributed by atoms with E-state index in [1.165, 1.54) is 5.56 Å². The van der Waals surface area contributed by atoms with E-state index in [9.17, 15) is 10.2 Å². The van der Waals surface area contributed by atoms with Crippen LogP contribution in [0, 0.1) is 0 Å². The maximum atomic E-state index is 10.2. The molecule has 0 unspecified atom stereocenters. The Kier molecular flexibility index (Phi) is 5.48. The molecular weight excluding hydrogens is 354 g/mol. The average molecular weight is 383 g/mol. The van der Waals surface area contributed by atoms with E-state index in [4.69, 9.17) is 0 Å². The quantitative estimate of drug-likeness (QED) is 0.769. The van der Waals surface area contributed by atoms with Crippen LogP contribution in [0.2, 0.25) is 0 Å². The van der Waals surface area contributed by atoms with Crippen LogP contribution in [-0.2, 0) is 0 Å². The van der Waals surface area contributed by atoms with E-state index in [2.05, 4.69) is 36.8 Å². The molecule has 2 aliphatic rings. The van der Waals surface area contributed by atoms with Crippen molar-refractivity contribution in [1.29, 1.82) is 0 Å². The van der Waals surface area contributed by atoms with Crippen LogP contribution in [-0.4, -0.2) is 83.6 Å². The van der Waals surface area contributed by atoms with Crippen LogP contribution in [0.4, 0.5) is 11.6 Å². The Labute approximate surface area is 166 Å². The van der Waals surface area contributed by atoms with Crippen LogP contribution < -0.4 is 9.80 Å². The largest absolute Gasteiger partial charge is 0.394 e. The maximum Gasteiger partial charge on any atom is 0.134 e. The standard InChI is InChI=1S/C21H29N5O2/c1-24(2)10-16-8-17(28)11-25(16)20-9-21(23-14-22-20)26-12-18(19(26)13-27)15-6-4-3-5-7-15/h3-7,9,14,16-19,27-28H,8,10-13H2,1-2H3/t16-,17-,18-,19-/m1/s1. The number of rotatable bonds is 6. The van der Waals surface area contributed by atoms with Gasteiger partial charge in [0.2, 0.25) is 0 Å². The second-order valence-corrected chi connectivity index (χ2v) is 8.11. The van der Waals surface area contributed by atoms with Gasteiger partial charge < -0.3 is 24.9 Å². The Morgan fingerprint density at radius 2 is 1.79 bits per heavy atom. The van der Waals surface area contributed by atoms with Gasteiger partial charge in [-0.1, -0.05) is 30.3 Å². The van der Waals surface area contributed by atoms with Gasteiger partial charge in [-0.25, -0.2) is 9.97 Å². The predicted molar refractivity (Wildman–Crippen MR) is 110 cm³/mol. The summed E-state index contributed by atoms with van der Waals surface area (Å²) in [5, 5.41) is 20.1. The lowest BCUT2D eigenvalue weighted by Crippen LogP contribution is -2.57. The first-order valence-corrected chi connectivity index (χ1v) is 9.90. The summed E-state index contributed by atoms with van der Waals surface area (Å²) in [5.41, 5.74) is 1.25. The molecule has 2 N–H and O–H groups in total. The monoisotopic (exact) mass is 383 g/mol. The Morgan fingerprint density at radius 1 is 1.07 bits per heavy atom. The smallest absolute Gasteiger partial charge is 0.134 e. The van der Waals surface area contributed by atoms with E-state index < -0.39 is 0 Å². The van der Waals surface area contributed by atoms with Crippen LogP contribution in [0.1, 0.15) is 17.9 Å². The topological polar surface area (TPSA) is 76.0 Å². The maximum absolute atomic E-state index is 10.2. The number of β-amino-alcohol motifs (C(OH)–C–C–N with tert-alkyl or cyclic N) is 1. The lowest BCUT2D eigenvalue weighted by atomic mass is 9.83. The fourth-order valence-electron chi connectivity index (χ4n) is 4.48. The Bertz CT molecular complexity index is 787. The highest BCUT2D eigenvalue weighted by Crippen LogP contribution is 2.38. The fraction of sp³-hybridized carbons (Fsp3) is 0.524. The summed E-state index contributed by atoms with van der Waals surface area (Å²) in [5.74, 6) is 1.98. The predicted octanol–water partition coefficient (Wildman–Crippen LogP) is 0.942. The molecule has 2 saturated heterocycles. The number of anilines is 2. The molecule has 0 aliphatic carbocycles. The van der Waals surface area contributed by atoms with E-state index in [1.54, 1.807) is 6.33 Å². The first kappa shape index (κ1) is 19.1. The van der Waals surface area contributed by atoms with Crippen molar-refractivity contribution in [2.24, 2.45) is 0 Å². The lowest BCUT2D eigenvalue weighted by Gasteiger charge is -2.48. The summed E-state index contributed by atoms with van der Waals surface area (Å²) in [6, 6.07) is 12.6. The molecule has 3 heterocycles. The molecule has 2 fully saturated rings. The van der Waals surface area contributed by atoms with Crippen molar-refractivity contribution in [3.05, 3.63) is 48.3 Å². The van der Waals surface area contributed by atoms with Crippen molar-refractivity contribution in [1.82, 2.24) is 14.9 Å². The summed E-state index contributed by atoms with van der Waals surface area (Å²) in [7, 11) is 4.09. The molecule has 0 radical (unpaired) electrons. The van der Waals surface area contributed by atoms with Gasteiger partial charge in [-0.2, -0.15) is 0 Å². The molecule has 0 spiro atoms. The number of hydrogen-bond donors (Lipinski definition) is 2. The van der Waals surface area contributed by atoms with Gasteiger partial charge in [-0.3, -0.25) is 0 Å². The number of likely N-dealkylation sites (N-methyl/N-ethyl adjacent to an activating group) is 1. The van der Waals surface area contributed by atoms with E-state index in [0.717, 1.165) is 31.1 Å². The molecule has 4 rings (SSSR count). The van der Waals surface area contributed by atoms with E-state index in [1.807, 2.05) is 38.4 Å². The van der Waals surface area contributed by atoms with Gasteiger partial charge in [0, 0.05) is 37.7 Å². The molecule has 28 heavy (non-hydrogen) atoms. The normalized spacial score (nSPS) is 27.3. The zero-order valence-corrected chi connectivity index (χ0v) is 16.5. The zero-order chi connectivity index (χ0) is 19.7. The van der Waals surface area contributed by atoms with Crippen molar-refractivity contribution in [3.8, 4) is 0 Å². The third-order valence-electron chi connectivity index (χ3n) is 5.87. The van der Waals surface area contributed by atoms with E-state index in [-0.39, 0.29) is 24.8 Å². The van der Waals surface area contributed by atoms with Crippen LogP contribution in [0.25, 0.3) is 0 Å². The number of benzene rings is 1. The number of nitrogens with zero attached hydrogens (tertiary/aromatic N) is 5. The number of aliphatic hydroxyl groups excluding tert-OH is 2. The van der Waals surface area contributed by atoms with Gasteiger partial charge >= 0.3 is 0 Å². The molecule has 7 heteroatoms. The number of aliphatic hydroxyl groups is 2. The molecule has 0 amide bonds. The molecule has 1 aromatic carbocycles. The minimum atomic E-state index is -0.333. The Morgan fingerprint density at radius 3 is 2.46 bits per heavy atom. The molecule has 0 bridgehead atoms. The van der Waals surface area contributed by atoms with E-state index in [0.29, 0.717) is 12.5 Å². The Hall–Kier alpha value is -2.22. The van der Waals surface area contributed by atoms with Crippen molar-refractivity contribution in [2.75, 3.05) is 50.1 Å². The fourth-order valence-corrected chi connectivity index (χ4v) is 4.48. The van der Waals surface area contributed by atoms with Crippen LogP contribution in [0.3, 0.4) is 0 Å². The minimum Gasteiger partial charge on any atom is -0.394 e. The van der Waals surface area contributed by atoms with Gasteiger partial charge in [0.15, 0.2) is 0 Å². The first-order valence-electron chi connectivity index (χ1n) is 9.90. The van der Waals surface area contributed by atoms with Gasteiger partial charge in [0.1, 0.15) is 18.0 Å². The second-order valence-electron chi connectivity index (χ2n) is 8.11. The highest BCUT2D eigenvalue weighted by Gasteiger charge is 2.40. The highest BCUT2D eigenvalue weighted by molar-refractivity contribution is 5.55. The average Bonchev–Trinajstić information content (AvgIpc) is 3.02. The summed E-state index contributed by atoms with van der Waals surface area (Å²) in [6.45, 7) is 2.38. The molecular formula is C21H29N5O2. The second kappa shape index (κ2) is 8.03. The van der Waals surface area contributed by atoms with E-state index >= 15 is 0 Å². The third kappa shape index (κ3) is 3.70. The van der Waals surface area contributed by atoms with Crippen molar-refractivity contribution >= 4 is 11.6 Å². The van der Waals surface area contributed by atoms with Gasteiger partial charge in [0.25, 0.3) is 0 Å². The van der Waals surface area contributed by atoms with Crippen molar-refractivity contribution < 1.29 is 10.2 Å². The summed E-state index contributed by atoms with van der Waals surface area (Å²) < 4.78 is 0. The van der Waals surface area contributed by atoms with Crippen LogP contribution >= 0.6 is 0 Å². The molecule has 1 aromatic heterocycles. The van der Waals surface area contributed by atoms with Crippen LogP contribution in [0.5, 0.6) is 0 Å². The number of aromatic nitrogens is 2. The highest BCUT2D eigenvalue weighted by atomic mass is 16.3. The van der Waals surface area contributed by atoms with Gasteiger partial charge in [-0.05, 0) is 26.1 Å². The molecule has 0 saturated carbocycles.